The number of anilines is 4. The predicted octanol–water partition coefficient (Wildman–Crippen LogP) is 7.96. The maximum Gasteiger partial charge on any atom is 0.339 e. The van der Waals surface area contributed by atoms with Gasteiger partial charge in [-0.1, -0.05) is 35.7 Å². The molecule has 14 heteroatoms. The fourth-order valence-electron chi connectivity index (χ4n) is 4.39. The first-order valence-corrected chi connectivity index (χ1v) is 14.9. The number of benzene rings is 4. The van der Waals surface area contributed by atoms with Crippen LogP contribution in [0.15, 0.2) is 92.4 Å². The lowest BCUT2D eigenvalue weighted by molar-refractivity contribution is -0.393. The molecule has 12 nitrogen and oxygen atoms in total. The van der Waals surface area contributed by atoms with Crippen molar-refractivity contribution in [2.75, 3.05) is 23.8 Å². The van der Waals surface area contributed by atoms with E-state index in [1.165, 1.54) is 35.7 Å². The molecule has 0 saturated carbocycles. The molecule has 0 saturated heterocycles. The Morgan fingerprint density at radius 3 is 1.55 bits per heavy atom. The predicted molar refractivity (Wildman–Crippen MR) is 166 cm³/mol. The Kier molecular flexibility index (Phi) is 9.01. The van der Waals surface area contributed by atoms with E-state index in [2.05, 4.69) is 10.6 Å². The van der Waals surface area contributed by atoms with Crippen LogP contribution in [-0.2, 0) is 9.47 Å². The molecule has 0 aromatic heterocycles. The molecule has 0 atom stereocenters. The van der Waals surface area contributed by atoms with Crippen molar-refractivity contribution in [2.45, 2.75) is 33.4 Å². The van der Waals surface area contributed by atoms with Crippen LogP contribution in [0.1, 0.15) is 34.6 Å². The molecule has 0 fully saturated rings. The molecule has 0 amide bonds. The fraction of sp³-hybridized carbons (Fsp3) is 0.133. The topological polar surface area (TPSA) is 163 Å². The number of rotatable bonds is 6. The van der Waals surface area contributed by atoms with E-state index in [1.807, 2.05) is 0 Å². The largest absolute Gasteiger partial charge is 0.462 e. The van der Waals surface area contributed by atoms with Gasteiger partial charge in [0.15, 0.2) is 0 Å². The lowest BCUT2D eigenvalue weighted by atomic mass is 10.1. The number of nitrogens with one attached hydrogen (secondary N) is 2. The maximum atomic E-state index is 13.1. The third-order valence-electron chi connectivity index (χ3n) is 6.26. The molecule has 8 bridgehead atoms. The molecule has 4 aromatic rings. The summed E-state index contributed by atoms with van der Waals surface area (Å²) in [5.41, 5.74) is 0.394. The van der Waals surface area contributed by atoms with Gasteiger partial charge in [0, 0.05) is 31.0 Å². The van der Waals surface area contributed by atoms with Crippen LogP contribution >= 0.6 is 23.5 Å². The average Bonchev–Trinajstić information content (AvgIpc) is 2.97. The van der Waals surface area contributed by atoms with Crippen molar-refractivity contribution in [3.05, 3.63) is 104 Å². The highest BCUT2D eigenvalue weighted by Crippen LogP contribution is 2.43. The molecule has 1 aliphatic heterocycles. The molecule has 44 heavy (non-hydrogen) atoms. The molecule has 0 aliphatic carbocycles. The van der Waals surface area contributed by atoms with Crippen LogP contribution in [0.2, 0.25) is 0 Å². The minimum Gasteiger partial charge on any atom is -0.462 e. The monoisotopic (exact) mass is 632 g/mol. The Bertz CT molecular complexity index is 1690. The molecular weight excluding hydrogens is 608 g/mol. The number of carbonyl (C=O) groups is 2. The first-order valence-electron chi connectivity index (χ1n) is 13.3. The number of fused-ring (bicyclic) bond motifs is 8. The van der Waals surface area contributed by atoms with Gasteiger partial charge in [0.25, 0.3) is 11.4 Å². The number of hydrogen-bond donors (Lipinski definition) is 2. The minimum atomic E-state index is -0.689. The molecule has 0 radical (unpaired) electrons. The quantitative estimate of drug-likeness (QED) is 0.106. The maximum absolute atomic E-state index is 13.1. The third-order valence-corrected chi connectivity index (χ3v) is 8.36. The number of esters is 2. The van der Waals surface area contributed by atoms with Gasteiger partial charge in [-0.15, -0.1) is 0 Å². The van der Waals surface area contributed by atoms with Gasteiger partial charge in [0.2, 0.25) is 0 Å². The van der Waals surface area contributed by atoms with E-state index < -0.39 is 33.2 Å². The zero-order chi connectivity index (χ0) is 31.4. The summed E-state index contributed by atoms with van der Waals surface area (Å²) < 4.78 is 10.6. The molecule has 0 spiro atoms. The van der Waals surface area contributed by atoms with Crippen molar-refractivity contribution < 1.29 is 28.9 Å². The van der Waals surface area contributed by atoms with Crippen molar-refractivity contribution in [1.29, 1.82) is 0 Å². The molecule has 1 aliphatic rings. The van der Waals surface area contributed by atoms with E-state index in [0.717, 1.165) is 6.07 Å². The molecule has 224 valence electrons. The van der Waals surface area contributed by atoms with Crippen LogP contribution in [0, 0.1) is 20.2 Å². The van der Waals surface area contributed by atoms with E-state index >= 15 is 0 Å². The molecule has 0 unspecified atom stereocenters. The van der Waals surface area contributed by atoms with Crippen molar-refractivity contribution in [2.24, 2.45) is 0 Å². The van der Waals surface area contributed by atoms with Gasteiger partial charge in [0.1, 0.15) is 11.4 Å². The molecular formula is C30H24N4O8S2. The Hall–Kier alpha value is -5.08. The molecule has 1 heterocycles. The van der Waals surface area contributed by atoms with E-state index in [0.29, 0.717) is 31.0 Å². The SMILES string of the molecule is CCOC(=O)c1cc(C(=O)OCC)c2cc1Sc1cccc(c1)Nc1cc(c([N+](=O)[O-])cc1[N+](=O)[O-])Nc1cccc(c1)S2. The van der Waals surface area contributed by atoms with E-state index in [9.17, 15) is 29.8 Å². The van der Waals surface area contributed by atoms with Crippen molar-refractivity contribution in [3.63, 3.8) is 0 Å². The number of ether oxygens (including phenoxy) is 2. The zero-order valence-corrected chi connectivity index (χ0v) is 25.0. The number of nitro groups is 2. The standard InChI is InChI=1S/C30H24N4O8S2/c1-3-41-29(35)21-13-22(30(36)42-4-2)28-16-27(21)43-19-9-5-7-17(11-19)31-23-14-24(26(34(39)40)15-25(23)33(37)38)32-18-8-6-10-20(12-18)44-28/h5-16,31-32H,3-4H2,1-2H3. The second-order valence-corrected chi connectivity index (χ2v) is 11.4. The van der Waals surface area contributed by atoms with Gasteiger partial charge >= 0.3 is 11.9 Å². The fourth-order valence-corrected chi connectivity index (χ4v) is 6.49. The Balaban J connectivity index is 1.74. The van der Waals surface area contributed by atoms with Crippen molar-refractivity contribution in [1.82, 2.24) is 0 Å². The second-order valence-electron chi connectivity index (χ2n) is 9.20. The van der Waals surface area contributed by atoms with Crippen molar-refractivity contribution >= 4 is 69.6 Å². The highest BCUT2D eigenvalue weighted by Gasteiger charge is 2.26. The minimum absolute atomic E-state index is 0.0381. The Morgan fingerprint density at radius 2 is 1.14 bits per heavy atom. The number of hydrogen-bond acceptors (Lipinski definition) is 12. The summed E-state index contributed by atoms with van der Waals surface area (Å²) >= 11 is 2.48. The van der Waals surface area contributed by atoms with Crippen molar-refractivity contribution in [3.8, 4) is 0 Å². The van der Waals surface area contributed by atoms with Gasteiger partial charge in [-0.3, -0.25) is 20.2 Å². The zero-order valence-electron chi connectivity index (χ0n) is 23.3. The van der Waals surface area contributed by atoms with Crippen LogP contribution in [0.4, 0.5) is 34.1 Å². The highest BCUT2D eigenvalue weighted by atomic mass is 32.2. The summed E-state index contributed by atoms with van der Waals surface area (Å²) in [4.78, 5) is 51.0. The van der Waals surface area contributed by atoms with E-state index in [-0.39, 0.29) is 35.7 Å². The lowest BCUT2D eigenvalue weighted by Crippen LogP contribution is -2.12. The summed E-state index contributed by atoms with van der Waals surface area (Å²) in [5, 5.41) is 29.9. The van der Waals surface area contributed by atoms with Crippen LogP contribution in [0.25, 0.3) is 0 Å². The normalized spacial score (nSPS) is 11.9. The average molecular weight is 633 g/mol. The third kappa shape index (κ3) is 6.61. The van der Waals surface area contributed by atoms with Crippen LogP contribution in [-0.4, -0.2) is 35.0 Å². The van der Waals surface area contributed by atoms with Crippen LogP contribution in [0.3, 0.4) is 0 Å². The summed E-state index contributed by atoms with van der Waals surface area (Å²) in [6.45, 7) is 3.63. The van der Waals surface area contributed by atoms with Gasteiger partial charge in [0.05, 0.1) is 40.3 Å². The molecule has 2 N–H and O–H groups in total. The number of carbonyl (C=O) groups excluding carboxylic acids is 2. The highest BCUT2D eigenvalue weighted by molar-refractivity contribution is 8.00. The van der Waals surface area contributed by atoms with Crippen LogP contribution in [0.5, 0.6) is 0 Å². The molecule has 5 rings (SSSR count). The first-order chi connectivity index (χ1) is 21.2. The Labute approximate surface area is 259 Å². The summed E-state index contributed by atoms with van der Waals surface area (Å²) in [7, 11) is 0. The smallest absolute Gasteiger partial charge is 0.339 e. The molecule has 4 aromatic carbocycles. The van der Waals surface area contributed by atoms with Crippen LogP contribution < -0.4 is 10.6 Å². The first kappa shape index (κ1) is 30.4. The van der Waals surface area contributed by atoms with E-state index in [4.69, 9.17) is 9.47 Å². The van der Waals surface area contributed by atoms with E-state index in [1.54, 1.807) is 68.4 Å². The second kappa shape index (κ2) is 13.1. The number of nitrogens with zero attached hydrogens (tertiary/aromatic N) is 2. The van der Waals surface area contributed by atoms with Gasteiger partial charge in [-0.25, -0.2) is 9.59 Å². The summed E-state index contributed by atoms with van der Waals surface area (Å²) in [5.74, 6) is -1.22. The van der Waals surface area contributed by atoms with Gasteiger partial charge < -0.3 is 20.1 Å². The lowest BCUT2D eigenvalue weighted by Gasteiger charge is -2.17. The van der Waals surface area contributed by atoms with Gasteiger partial charge in [-0.2, -0.15) is 0 Å². The summed E-state index contributed by atoms with van der Waals surface area (Å²) in [6, 6.07) is 19.3. The summed E-state index contributed by atoms with van der Waals surface area (Å²) in [6.07, 6.45) is 0. The Morgan fingerprint density at radius 1 is 0.682 bits per heavy atom. The number of nitro benzene ring substituents is 2. The van der Waals surface area contributed by atoms with Gasteiger partial charge in [-0.05, 0) is 68.4 Å².